The topological polar surface area (TPSA) is 70.6 Å². The summed E-state index contributed by atoms with van der Waals surface area (Å²) in [5.74, 6) is 2.56. The lowest BCUT2D eigenvalue weighted by molar-refractivity contribution is -0.124. The second-order valence-corrected chi connectivity index (χ2v) is 9.98. The number of aryl methyl sites for hydroxylation is 1. The molecule has 0 aromatic carbocycles. The van der Waals surface area contributed by atoms with E-state index in [1.54, 1.807) is 0 Å². The zero-order chi connectivity index (χ0) is 21.2. The number of nitrogens with zero attached hydrogens (tertiary/aromatic N) is 4. The molecule has 1 N–H and O–H groups in total. The van der Waals surface area contributed by atoms with Gasteiger partial charge >= 0.3 is 0 Å². The summed E-state index contributed by atoms with van der Waals surface area (Å²) >= 11 is 0. The zero-order valence-electron chi connectivity index (χ0n) is 18.3. The molecule has 0 radical (unpaired) electrons. The quantitative estimate of drug-likeness (QED) is 0.821. The summed E-state index contributed by atoms with van der Waals surface area (Å²) in [4.78, 5) is 25.9. The van der Waals surface area contributed by atoms with Crippen molar-refractivity contribution in [2.75, 3.05) is 48.0 Å². The molecule has 0 bridgehead atoms. The average molecular weight is 420 g/mol. The van der Waals surface area contributed by atoms with Gasteiger partial charge in [-0.1, -0.05) is 0 Å². The summed E-state index contributed by atoms with van der Waals surface area (Å²) in [5.41, 5.74) is 4.26. The number of aromatic nitrogens is 2. The van der Waals surface area contributed by atoms with Crippen molar-refractivity contribution in [3.8, 4) is 0 Å². The molecule has 1 saturated carbocycles. The first-order valence-electron chi connectivity index (χ1n) is 11.3. The normalized spacial score (nSPS) is 22.4. The van der Waals surface area contributed by atoms with Crippen LogP contribution in [0.3, 0.4) is 0 Å². The fourth-order valence-corrected chi connectivity index (χ4v) is 5.40. The molecule has 0 unspecified atom stereocenters. The molecule has 1 aliphatic carbocycles. The van der Waals surface area contributed by atoms with Crippen molar-refractivity contribution in [2.45, 2.75) is 44.9 Å². The molecule has 0 atom stereocenters. The first kappa shape index (κ1) is 19.0. The van der Waals surface area contributed by atoms with Gasteiger partial charge in [-0.15, -0.1) is 0 Å². The maximum absolute atomic E-state index is 11.6. The maximum atomic E-state index is 11.6. The minimum atomic E-state index is -0.103. The third kappa shape index (κ3) is 3.17. The summed E-state index contributed by atoms with van der Waals surface area (Å²) in [6.45, 7) is 8.52. The van der Waals surface area contributed by atoms with Gasteiger partial charge in [0.1, 0.15) is 17.5 Å². The van der Waals surface area contributed by atoms with Crippen molar-refractivity contribution < 1.29 is 9.53 Å². The Morgan fingerprint density at radius 3 is 2.48 bits per heavy atom. The smallest absolute Gasteiger partial charge is 0.222 e. The van der Waals surface area contributed by atoms with Gasteiger partial charge in [0.15, 0.2) is 0 Å². The lowest BCUT2D eigenvalue weighted by atomic mass is 9.77. The van der Waals surface area contributed by atoms with Crippen LogP contribution in [0.1, 0.15) is 43.7 Å². The van der Waals surface area contributed by atoms with Crippen molar-refractivity contribution >= 4 is 29.0 Å². The predicted molar refractivity (Wildman–Crippen MR) is 120 cm³/mol. The molecule has 1 amide bonds. The number of pyridine rings is 2. The highest BCUT2D eigenvalue weighted by Gasteiger charge is 2.52. The highest BCUT2D eigenvalue weighted by molar-refractivity contribution is 5.89. The second kappa shape index (κ2) is 6.66. The van der Waals surface area contributed by atoms with Crippen LogP contribution in [-0.4, -0.2) is 48.7 Å². The first-order chi connectivity index (χ1) is 15.0. The Morgan fingerprint density at radius 2 is 1.84 bits per heavy atom. The molecule has 7 heteroatoms. The number of hydrogen-bond acceptors (Lipinski definition) is 6. The van der Waals surface area contributed by atoms with Gasteiger partial charge in [0, 0.05) is 55.2 Å². The van der Waals surface area contributed by atoms with E-state index in [9.17, 15) is 4.79 Å². The summed E-state index contributed by atoms with van der Waals surface area (Å²) < 4.78 is 5.48. The van der Waals surface area contributed by atoms with Crippen molar-refractivity contribution in [1.29, 1.82) is 0 Å². The van der Waals surface area contributed by atoms with Gasteiger partial charge in [-0.25, -0.2) is 9.97 Å². The van der Waals surface area contributed by atoms with E-state index in [4.69, 9.17) is 9.72 Å². The number of hydrogen-bond donors (Lipinski definition) is 1. The van der Waals surface area contributed by atoms with Crippen molar-refractivity contribution in [3.63, 3.8) is 0 Å². The van der Waals surface area contributed by atoms with E-state index < -0.39 is 0 Å². The number of amides is 1. The number of rotatable bonds is 3. The van der Waals surface area contributed by atoms with Crippen molar-refractivity contribution in [3.05, 3.63) is 35.5 Å². The Bertz CT molecular complexity index is 1050. The minimum absolute atomic E-state index is 0.103. The summed E-state index contributed by atoms with van der Waals surface area (Å²) in [6.07, 6.45) is 6.69. The molecule has 31 heavy (non-hydrogen) atoms. The molecule has 162 valence electrons. The molecule has 2 aromatic heterocycles. The number of ether oxygens (including phenoxy) is 1. The number of carbonyl (C=O) groups excluding carboxylic acids is 1. The van der Waals surface area contributed by atoms with Crippen LogP contribution in [0.4, 0.5) is 23.1 Å². The molecule has 2 saturated heterocycles. The van der Waals surface area contributed by atoms with E-state index in [0.29, 0.717) is 11.2 Å². The van der Waals surface area contributed by atoms with Crippen LogP contribution in [0, 0.1) is 12.3 Å². The first-order valence-corrected chi connectivity index (χ1v) is 11.3. The largest absolute Gasteiger partial charge is 0.380 e. The highest BCUT2D eigenvalue weighted by atomic mass is 16.5. The Hall–Kier alpha value is -2.67. The third-order valence-corrected chi connectivity index (χ3v) is 7.55. The van der Waals surface area contributed by atoms with Crippen molar-refractivity contribution in [1.82, 2.24) is 9.97 Å². The van der Waals surface area contributed by atoms with Crippen LogP contribution in [0.2, 0.25) is 0 Å². The third-order valence-electron chi connectivity index (χ3n) is 7.55. The van der Waals surface area contributed by atoms with E-state index in [1.165, 1.54) is 43.7 Å². The van der Waals surface area contributed by atoms with Crippen LogP contribution in [0.25, 0.3) is 0 Å². The Balaban J connectivity index is 1.32. The molecular formula is C24H29N5O2. The van der Waals surface area contributed by atoms with Crippen LogP contribution >= 0.6 is 0 Å². The van der Waals surface area contributed by atoms with Crippen LogP contribution in [-0.2, 0) is 14.9 Å². The molecular weight excluding hydrogens is 390 g/mol. The number of fused-ring (bicyclic) bond motifs is 2. The molecule has 4 aliphatic rings. The van der Waals surface area contributed by atoms with E-state index >= 15 is 0 Å². The summed E-state index contributed by atoms with van der Waals surface area (Å²) in [7, 11) is 0. The van der Waals surface area contributed by atoms with Crippen LogP contribution in [0.5, 0.6) is 0 Å². The number of piperidine rings is 1. The van der Waals surface area contributed by atoms with Gasteiger partial charge in [-0.2, -0.15) is 0 Å². The Kier molecular flexibility index (Phi) is 4.09. The van der Waals surface area contributed by atoms with Crippen LogP contribution < -0.4 is 15.1 Å². The van der Waals surface area contributed by atoms with Gasteiger partial charge in [-0.05, 0) is 50.3 Å². The molecule has 6 rings (SSSR count). The molecule has 7 nitrogen and oxygen atoms in total. The zero-order valence-corrected chi connectivity index (χ0v) is 18.3. The standard InChI is InChI=1S/C24H29N5O2/c1-16-9-21(28-7-5-23(6-8-28)14-31-15-23)27-22(10-16)29-13-24(3-4-24)18-12-25-20(11-19(18)29)26-17(2)30/h9-12H,3-8,13-15H2,1-2H3,(H,25,26,30). The Labute approximate surface area is 182 Å². The van der Waals surface area contributed by atoms with E-state index in [2.05, 4.69) is 39.2 Å². The summed E-state index contributed by atoms with van der Waals surface area (Å²) in [6, 6.07) is 6.39. The average Bonchev–Trinajstić information content (AvgIpc) is 3.43. The molecule has 3 fully saturated rings. The molecule has 2 spiro atoms. The number of nitrogens with one attached hydrogen (secondary N) is 1. The van der Waals surface area contributed by atoms with E-state index in [-0.39, 0.29) is 11.3 Å². The number of carbonyl (C=O) groups is 1. The van der Waals surface area contributed by atoms with Gasteiger partial charge in [0.05, 0.1) is 18.9 Å². The van der Waals surface area contributed by atoms with E-state index in [0.717, 1.165) is 50.2 Å². The number of anilines is 4. The fourth-order valence-electron chi connectivity index (χ4n) is 5.40. The van der Waals surface area contributed by atoms with Crippen molar-refractivity contribution in [2.24, 2.45) is 5.41 Å². The minimum Gasteiger partial charge on any atom is -0.380 e. The fraction of sp³-hybridized carbons (Fsp3) is 0.542. The van der Waals surface area contributed by atoms with Gasteiger partial charge < -0.3 is 19.9 Å². The highest BCUT2D eigenvalue weighted by Crippen LogP contribution is 2.58. The van der Waals surface area contributed by atoms with Gasteiger partial charge in [-0.3, -0.25) is 4.79 Å². The van der Waals surface area contributed by atoms with Crippen LogP contribution in [0.15, 0.2) is 24.4 Å². The maximum Gasteiger partial charge on any atom is 0.222 e. The van der Waals surface area contributed by atoms with Gasteiger partial charge in [0.25, 0.3) is 0 Å². The van der Waals surface area contributed by atoms with E-state index in [1.807, 2.05) is 12.3 Å². The lowest BCUT2D eigenvalue weighted by Crippen LogP contribution is -2.51. The molecule has 5 heterocycles. The molecule has 3 aliphatic heterocycles. The van der Waals surface area contributed by atoms with Gasteiger partial charge in [0.2, 0.25) is 5.91 Å². The summed E-state index contributed by atoms with van der Waals surface area (Å²) in [5, 5.41) is 2.83. The monoisotopic (exact) mass is 419 g/mol. The lowest BCUT2D eigenvalue weighted by Gasteiger charge is -2.47. The predicted octanol–water partition coefficient (Wildman–Crippen LogP) is 3.54. The molecule has 2 aromatic rings. The second-order valence-electron chi connectivity index (χ2n) is 9.98. The SMILES string of the molecule is CC(=O)Nc1cc2c(cn1)C1(CC1)CN2c1cc(C)cc(N2CCC3(CC2)COC3)n1. The Morgan fingerprint density at radius 1 is 1.10 bits per heavy atom.